The first-order valence-electron chi connectivity index (χ1n) is 10.2. The smallest absolute Gasteiger partial charge is 0.263 e. The molecule has 3 aromatic heterocycles. The number of imidazole rings is 1. The molecule has 33 heavy (non-hydrogen) atoms. The van der Waals surface area contributed by atoms with E-state index in [0.717, 1.165) is 22.8 Å². The summed E-state index contributed by atoms with van der Waals surface area (Å²) in [5, 5.41) is 3.68. The van der Waals surface area contributed by atoms with Crippen LogP contribution in [0.2, 0.25) is 0 Å². The van der Waals surface area contributed by atoms with Crippen molar-refractivity contribution in [3.05, 3.63) is 88.6 Å². The second-order valence-corrected chi connectivity index (χ2v) is 7.44. The molecule has 5 rings (SSSR count). The second-order valence-electron chi connectivity index (χ2n) is 7.44. The molecular weight excluding hydrogens is 433 g/mol. The third-order valence-electron chi connectivity index (χ3n) is 5.47. The van der Waals surface area contributed by atoms with Gasteiger partial charge in [0.2, 0.25) is 0 Å². The summed E-state index contributed by atoms with van der Waals surface area (Å²) < 4.78 is 44.5. The van der Waals surface area contributed by atoms with Gasteiger partial charge < -0.3 is 10.3 Å². The Morgan fingerprint density at radius 3 is 2.61 bits per heavy atom. The summed E-state index contributed by atoms with van der Waals surface area (Å²) in [6.45, 7) is 1.85. The number of halogens is 3. The van der Waals surface area contributed by atoms with E-state index in [-0.39, 0.29) is 11.1 Å². The van der Waals surface area contributed by atoms with Crippen LogP contribution < -0.4 is 10.9 Å². The highest BCUT2D eigenvalue weighted by Gasteiger charge is 2.23. The Kier molecular flexibility index (Phi) is 5.04. The number of aromatic amines is 1. The molecule has 0 saturated carbocycles. The van der Waals surface area contributed by atoms with Crippen LogP contribution in [0.15, 0.2) is 59.9 Å². The van der Waals surface area contributed by atoms with Crippen molar-refractivity contribution in [2.45, 2.75) is 19.4 Å². The number of H-pyrrole nitrogens is 1. The summed E-state index contributed by atoms with van der Waals surface area (Å²) in [5.41, 5.74) is 0.00875. The van der Waals surface area contributed by atoms with E-state index in [9.17, 15) is 18.0 Å². The lowest BCUT2D eigenvalue weighted by Gasteiger charge is -2.24. The molecule has 0 aliphatic rings. The highest BCUT2D eigenvalue weighted by molar-refractivity contribution is 5.84. The van der Waals surface area contributed by atoms with Crippen LogP contribution in [0.4, 0.5) is 19.0 Å². The van der Waals surface area contributed by atoms with E-state index in [1.165, 1.54) is 30.9 Å². The lowest BCUT2D eigenvalue weighted by Crippen LogP contribution is -2.28. The van der Waals surface area contributed by atoms with Gasteiger partial charge in [-0.25, -0.2) is 28.1 Å². The summed E-state index contributed by atoms with van der Waals surface area (Å²) in [4.78, 5) is 28.8. The molecule has 0 fully saturated rings. The number of anilines is 1. The average molecular weight is 450 g/mol. The van der Waals surface area contributed by atoms with Crippen LogP contribution in [-0.2, 0) is 0 Å². The van der Waals surface area contributed by atoms with Gasteiger partial charge in [-0.3, -0.25) is 9.36 Å². The fourth-order valence-corrected chi connectivity index (χ4v) is 3.92. The minimum absolute atomic E-state index is 0.00857. The van der Waals surface area contributed by atoms with Crippen molar-refractivity contribution in [2.75, 3.05) is 5.32 Å². The average Bonchev–Trinajstić information content (AvgIpc) is 3.29. The van der Waals surface area contributed by atoms with Crippen molar-refractivity contribution in [1.29, 1.82) is 0 Å². The Morgan fingerprint density at radius 1 is 1.06 bits per heavy atom. The first kappa shape index (κ1) is 20.7. The van der Waals surface area contributed by atoms with Gasteiger partial charge in [0.15, 0.2) is 11.5 Å². The van der Waals surface area contributed by atoms with Crippen LogP contribution in [-0.4, -0.2) is 24.5 Å². The Morgan fingerprint density at radius 2 is 1.85 bits per heavy atom. The van der Waals surface area contributed by atoms with E-state index in [1.54, 1.807) is 6.07 Å². The summed E-state index contributed by atoms with van der Waals surface area (Å²) in [6.07, 6.45) is 3.24. The van der Waals surface area contributed by atoms with Gasteiger partial charge in [-0.2, -0.15) is 0 Å². The minimum Gasteiger partial charge on any atom is -0.360 e. The van der Waals surface area contributed by atoms with Crippen LogP contribution in [0.25, 0.3) is 27.6 Å². The molecule has 0 bridgehead atoms. The van der Waals surface area contributed by atoms with Crippen LogP contribution in [0.5, 0.6) is 0 Å². The number of para-hydroxylation sites is 1. The molecule has 1 unspecified atom stereocenters. The van der Waals surface area contributed by atoms with E-state index in [1.807, 2.05) is 6.92 Å². The van der Waals surface area contributed by atoms with Crippen LogP contribution in [0, 0.1) is 17.5 Å². The SMILES string of the molecule is CCC(Nc1ncnc2nc[nH]c12)c1cc2ccc(F)cc2c(=O)n1-c1c(F)cccc1F. The van der Waals surface area contributed by atoms with Gasteiger partial charge in [0, 0.05) is 5.69 Å². The number of fused-ring (bicyclic) bond motifs is 2. The first-order valence-corrected chi connectivity index (χ1v) is 10.2. The van der Waals surface area contributed by atoms with Crippen molar-refractivity contribution >= 4 is 27.8 Å². The molecule has 0 radical (unpaired) electrons. The summed E-state index contributed by atoms with van der Waals surface area (Å²) in [5.74, 6) is -2.04. The van der Waals surface area contributed by atoms with Crippen LogP contribution >= 0.6 is 0 Å². The fourth-order valence-electron chi connectivity index (χ4n) is 3.92. The van der Waals surface area contributed by atoms with Crippen molar-refractivity contribution in [3.8, 4) is 5.69 Å². The normalized spacial score (nSPS) is 12.4. The molecule has 2 aromatic carbocycles. The molecule has 3 heterocycles. The van der Waals surface area contributed by atoms with E-state index in [2.05, 4.69) is 25.3 Å². The summed E-state index contributed by atoms with van der Waals surface area (Å²) in [6, 6.07) is 8.12. The topological polar surface area (TPSA) is 88.5 Å². The maximum Gasteiger partial charge on any atom is 0.263 e. The van der Waals surface area contributed by atoms with E-state index in [0.29, 0.717) is 28.8 Å². The Labute approximate surface area is 185 Å². The number of nitrogens with zero attached hydrogens (tertiary/aromatic N) is 4. The zero-order valence-corrected chi connectivity index (χ0v) is 17.3. The lowest BCUT2D eigenvalue weighted by molar-refractivity contribution is 0.558. The van der Waals surface area contributed by atoms with Crippen molar-refractivity contribution in [3.63, 3.8) is 0 Å². The van der Waals surface area contributed by atoms with Gasteiger partial charge in [0.25, 0.3) is 5.56 Å². The van der Waals surface area contributed by atoms with E-state index in [4.69, 9.17) is 0 Å². The Hall–Kier alpha value is -4.21. The fraction of sp³-hybridized carbons (Fsp3) is 0.130. The summed E-state index contributed by atoms with van der Waals surface area (Å²) in [7, 11) is 0. The van der Waals surface area contributed by atoms with Crippen molar-refractivity contribution in [1.82, 2.24) is 24.5 Å². The van der Waals surface area contributed by atoms with Gasteiger partial charge in [0.05, 0.1) is 17.8 Å². The highest BCUT2D eigenvalue weighted by Crippen LogP contribution is 2.29. The number of nitrogens with one attached hydrogen (secondary N) is 2. The number of aromatic nitrogens is 5. The first-order chi connectivity index (χ1) is 16.0. The van der Waals surface area contributed by atoms with Gasteiger partial charge in [-0.1, -0.05) is 19.1 Å². The molecule has 1 atom stereocenters. The van der Waals surface area contributed by atoms with Gasteiger partial charge in [0.1, 0.15) is 35.0 Å². The molecule has 2 N–H and O–H groups in total. The molecule has 0 saturated heterocycles. The Balaban J connectivity index is 1.78. The predicted molar refractivity (Wildman–Crippen MR) is 118 cm³/mol. The third kappa shape index (κ3) is 3.49. The quantitative estimate of drug-likeness (QED) is 0.407. The summed E-state index contributed by atoms with van der Waals surface area (Å²) >= 11 is 0. The molecule has 166 valence electrons. The van der Waals surface area contributed by atoms with E-state index >= 15 is 0 Å². The van der Waals surface area contributed by atoms with Crippen molar-refractivity contribution in [2.24, 2.45) is 0 Å². The molecule has 0 aliphatic heterocycles. The molecular formula is C23H17F3N6O. The van der Waals surface area contributed by atoms with Gasteiger partial charge >= 0.3 is 0 Å². The number of pyridine rings is 1. The number of hydrogen-bond acceptors (Lipinski definition) is 5. The largest absolute Gasteiger partial charge is 0.360 e. The zero-order chi connectivity index (χ0) is 23.1. The number of benzene rings is 2. The number of hydrogen-bond donors (Lipinski definition) is 2. The molecule has 0 aliphatic carbocycles. The predicted octanol–water partition coefficient (Wildman–Crippen LogP) is 4.64. The molecule has 10 heteroatoms. The molecule has 7 nitrogen and oxygen atoms in total. The third-order valence-corrected chi connectivity index (χ3v) is 5.47. The minimum atomic E-state index is -0.915. The molecule has 0 spiro atoms. The van der Waals surface area contributed by atoms with E-state index < -0.39 is 34.7 Å². The standard InChI is InChI=1S/C23H17F3N6O/c1-2-17(31-22-19-21(28-10-27-19)29-11-30-22)18-8-12-6-7-13(24)9-14(12)23(33)32(18)20-15(25)4-3-5-16(20)26/h3-11,17H,2H2,1H3,(H2,27,28,29,30,31). The van der Waals surface area contributed by atoms with Gasteiger partial charge in [-0.15, -0.1) is 0 Å². The second kappa shape index (κ2) is 8.05. The highest BCUT2D eigenvalue weighted by atomic mass is 19.1. The van der Waals surface area contributed by atoms with Crippen LogP contribution in [0.1, 0.15) is 25.1 Å². The molecule has 0 amide bonds. The maximum absolute atomic E-state index is 14.8. The molecule has 5 aromatic rings. The lowest BCUT2D eigenvalue weighted by atomic mass is 10.0. The maximum atomic E-state index is 14.8. The Bertz CT molecular complexity index is 1540. The number of rotatable bonds is 5. The zero-order valence-electron chi connectivity index (χ0n) is 17.3. The monoisotopic (exact) mass is 450 g/mol. The van der Waals surface area contributed by atoms with Crippen LogP contribution in [0.3, 0.4) is 0 Å². The van der Waals surface area contributed by atoms with Crippen molar-refractivity contribution < 1.29 is 13.2 Å². The van der Waals surface area contributed by atoms with Gasteiger partial charge in [-0.05, 0) is 42.1 Å².